The number of nitrogens with one attached hydrogen (secondary N) is 1. The summed E-state index contributed by atoms with van der Waals surface area (Å²) < 4.78 is 27.6. The van der Waals surface area contributed by atoms with Gasteiger partial charge in [-0.3, -0.25) is 9.69 Å². The lowest BCUT2D eigenvalue weighted by molar-refractivity contribution is -0.127. The number of benzene rings is 1. The third-order valence-corrected chi connectivity index (χ3v) is 4.87. The first kappa shape index (κ1) is 17.9. The summed E-state index contributed by atoms with van der Waals surface area (Å²) in [5.74, 6) is -0.00643. The van der Waals surface area contributed by atoms with Crippen molar-refractivity contribution in [3.63, 3.8) is 0 Å². The number of carbonyl (C=O) groups excluding carboxylic acids is 1. The summed E-state index contributed by atoms with van der Waals surface area (Å²) in [5, 5.41) is 7.96. The molecule has 0 spiro atoms. The average Bonchev–Trinajstić information content (AvgIpc) is 2.54. The average molecular weight is 341 g/mol. The molecule has 1 heterocycles. The largest absolute Gasteiger partial charge is 0.379 e. The van der Waals surface area contributed by atoms with Crippen LogP contribution in [0.3, 0.4) is 0 Å². The number of rotatable bonds is 6. The Morgan fingerprint density at radius 2 is 1.91 bits per heavy atom. The Morgan fingerprint density at radius 3 is 2.48 bits per heavy atom. The van der Waals surface area contributed by atoms with Crippen LogP contribution >= 0.6 is 0 Å². The number of ether oxygens (including phenoxy) is 1. The van der Waals surface area contributed by atoms with Crippen molar-refractivity contribution in [1.29, 1.82) is 0 Å². The third-order valence-electron chi connectivity index (χ3n) is 3.94. The number of sulfonamides is 1. The molecule has 0 aliphatic carbocycles. The van der Waals surface area contributed by atoms with Crippen LogP contribution in [-0.4, -0.2) is 58.1 Å². The lowest BCUT2D eigenvalue weighted by atomic mass is 10.1. The number of nitrogens with two attached hydrogens (primary N) is 1. The molecule has 0 radical (unpaired) electrons. The molecular formula is C15H23N3O4S. The molecule has 1 atom stereocenters. The Morgan fingerprint density at radius 1 is 1.30 bits per heavy atom. The molecule has 1 aliphatic rings. The van der Waals surface area contributed by atoms with E-state index in [1.807, 2.05) is 6.92 Å². The van der Waals surface area contributed by atoms with Gasteiger partial charge in [0.2, 0.25) is 15.9 Å². The minimum atomic E-state index is -3.66. The van der Waals surface area contributed by atoms with Gasteiger partial charge < -0.3 is 10.1 Å². The van der Waals surface area contributed by atoms with Crippen LogP contribution in [0.15, 0.2) is 29.2 Å². The highest BCUT2D eigenvalue weighted by atomic mass is 32.2. The minimum absolute atomic E-state index is 0.00643. The van der Waals surface area contributed by atoms with Crippen LogP contribution in [0.5, 0.6) is 0 Å². The quantitative estimate of drug-likeness (QED) is 0.740. The van der Waals surface area contributed by atoms with E-state index in [0.717, 1.165) is 18.7 Å². The molecule has 23 heavy (non-hydrogen) atoms. The van der Waals surface area contributed by atoms with E-state index >= 15 is 0 Å². The number of nitrogens with zero attached hydrogens (tertiary/aromatic N) is 1. The highest BCUT2D eigenvalue weighted by molar-refractivity contribution is 7.89. The fraction of sp³-hybridized carbons (Fsp3) is 0.533. The molecule has 128 valence electrons. The molecular weight excluding hydrogens is 318 g/mol. The van der Waals surface area contributed by atoms with E-state index in [1.165, 1.54) is 12.1 Å². The lowest BCUT2D eigenvalue weighted by Gasteiger charge is -2.31. The maximum absolute atomic E-state index is 12.1. The summed E-state index contributed by atoms with van der Waals surface area (Å²) >= 11 is 0. The second-order valence-electron chi connectivity index (χ2n) is 5.55. The smallest absolute Gasteiger partial charge is 0.238 e. The van der Waals surface area contributed by atoms with E-state index in [4.69, 9.17) is 9.88 Å². The van der Waals surface area contributed by atoms with Gasteiger partial charge in [0.25, 0.3) is 0 Å². The van der Waals surface area contributed by atoms with E-state index in [2.05, 4.69) is 10.2 Å². The summed E-state index contributed by atoms with van der Waals surface area (Å²) in [5.41, 5.74) is 0.941. The van der Waals surface area contributed by atoms with Gasteiger partial charge in [-0.05, 0) is 31.0 Å². The van der Waals surface area contributed by atoms with Crippen molar-refractivity contribution < 1.29 is 17.9 Å². The van der Waals surface area contributed by atoms with Gasteiger partial charge in [-0.2, -0.15) is 0 Å². The third kappa shape index (κ3) is 5.28. The van der Waals surface area contributed by atoms with Crippen LogP contribution in [0, 0.1) is 0 Å². The second-order valence-corrected chi connectivity index (χ2v) is 7.12. The molecule has 0 saturated carbocycles. The first-order chi connectivity index (χ1) is 10.9. The predicted molar refractivity (Wildman–Crippen MR) is 86.4 cm³/mol. The van der Waals surface area contributed by atoms with Gasteiger partial charge in [-0.1, -0.05) is 12.1 Å². The summed E-state index contributed by atoms with van der Waals surface area (Å²) in [6.45, 7) is 5.25. The summed E-state index contributed by atoms with van der Waals surface area (Å²) in [7, 11) is -3.66. The Bertz CT molecular complexity index is 625. The topological polar surface area (TPSA) is 102 Å². The van der Waals surface area contributed by atoms with E-state index in [1.54, 1.807) is 12.1 Å². The Kier molecular flexibility index (Phi) is 6.11. The van der Waals surface area contributed by atoms with Crippen molar-refractivity contribution >= 4 is 15.9 Å². The van der Waals surface area contributed by atoms with Crippen LogP contribution in [0.2, 0.25) is 0 Å². The number of primary sulfonamides is 1. The predicted octanol–water partition coefficient (Wildman–Crippen LogP) is -0.287. The molecule has 8 heteroatoms. The summed E-state index contributed by atoms with van der Waals surface area (Å²) in [6, 6.07) is 6.18. The zero-order valence-electron chi connectivity index (χ0n) is 13.2. The van der Waals surface area contributed by atoms with E-state index in [-0.39, 0.29) is 16.8 Å². The van der Waals surface area contributed by atoms with Crippen LogP contribution in [-0.2, 0) is 26.0 Å². The van der Waals surface area contributed by atoms with Crippen molar-refractivity contribution in [2.24, 2.45) is 5.14 Å². The summed E-state index contributed by atoms with van der Waals surface area (Å²) in [4.78, 5) is 14.3. The van der Waals surface area contributed by atoms with Gasteiger partial charge in [0.15, 0.2) is 0 Å². The van der Waals surface area contributed by atoms with Gasteiger partial charge in [0.1, 0.15) is 0 Å². The minimum Gasteiger partial charge on any atom is -0.379 e. The maximum atomic E-state index is 12.1. The molecule has 7 nitrogen and oxygen atoms in total. The lowest BCUT2D eigenvalue weighted by Crippen LogP contribution is -2.49. The molecule has 1 aromatic carbocycles. The number of hydrogen-bond acceptors (Lipinski definition) is 5. The van der Waals surface area contributed by atoms with E-state index in [9.17, 15) is 13.2 Å². The fourth-order valence-corrected chi connectivity index (χ4v) is 2.97. The molecule has 3 N–H and O–H groups in total. The fourth-order valence-electron chi connectivity index (χ4n) is 2.45. The van der Waals surface area contributed by atoms with E-state index in [0.29, 0.717) is 26.2 Å². The highest BCUT2D eigenvalue weighted by Gasteiger charge is 2.22. The zero-order valence-corrected chi connectivity index (χ0v) is 14.0. The standard InChI is InChI=1S/C15H23N3O4S/c1-12(18-8-10-22-11-9-18)15(19)17-7-6-13-2-4-14(5-3-13)23(16,20)21/h2-5,12H,6-11H2,1H3,(H,17,19)(H2,16,20,21)/t12-/m0/s1. The van der Waals surface area contributed by atoms with Crippen molar-refractivity contribution in [2.75, 3.05) is 32.8 Å². The summed E-state index contributed by atoms with van der Waals surface area (Å²) in [6.07, 6.45) is 0.631. The first-order valence-electron chi connectivity index (χ1n) is 7.59. The molecule has 0 unspecified atom stereocenters. The second kappa shape index (κ2) is 7.87. The van der Waals surface area contributed by atoms with Gasteiger partial charge >= 0.3 is 0 Å². The van der Waals surface area contributed by atoms with Crippen molar-refractivity contribution in [1.82, 2.24) is 10.2 Å². The van der Waals surface area contributed by atoms with Gasteiger partial charge in [0, 0.05) is 19.6 Å². The molecule has 1 amide bonds. The highest BCUT2D eigenvalue weighted by Crippen LogP contribution is 2.09. The van der Waals surface area contributed by atoms with Crippen molar-refractivity contribution in [2.45, 2.75) is 24.3 Å². The molecule has 1 saturated heterocycles. The van der Waals surface area contributed by atoms with Gasteiger partial charge in [-0.15, -0.1) is 0 Å². The molecule has 2 rings (SSSR count). The molecule has 0 bridgehead atoms. The first-order valence-corrected chi connectivity index (χ1v) is 9.14. The van der Waals surface area contributed by atoms with Gasteiger partial charge in [0.05, 0.1) is 24.2 Å². The number of morpholine rings is 1. The Balaban J connectivity index is 1.78. The monoisotopic (exact) mass is 341 g/mol. The normalized spacial score (nSPS) is 17.7. The number of amides is 1. The van der Waals surface area contributed by atoms with Crippen LogP contribution in [0.1, 0.15) is 12.5 Å². The van der Waals surface area contributed by atoms with Crippen molar-refractivity contribution in [3.05, 3.63) is 29.8 Å². The van der Waals surface area contributed by atoms with Gasteiger partial charge in [-0.25, -0.2) is 13.6 Å². The number of carbonyl (C=O) groups is 1. The number of hydrogen-bond donors (Lipinski definition) is 2. The molecule has 0 aromatic heterocycles. The van der Waals surface area contributed by atoms with E-state index < -0.39 is 10.0 Å². The Hall–Kier alpha value is -1.48. The molecule has 1 aliphatic heterocycles. The van der Waals surface area contributed by atoms with Crippen LogP contribution in [0.25, 0.3) is 0 Å². The Labute approximate surface area is 136 Å². The maximum Gasteiger partial charge on any atom is 0.238 e. The van der Waals surface area contributed by atoms with Crippen molar-refractivity contribution in [3.8, 4) is 0 Å². The molecule has 1 aromatic rings. The van der Waals surface area contributed by atoms with Crippen LogP contribution in [0.4, 0.5) is 0 Å². The molecule has 1 fully saturated rings. The SMILES string of the molecule is C[C@@H](C(=O)NCCc1ccc(S(N)(=O)=O)cc1)N1CCOCC1. The zero-order chi connectivity index (χ0) is 16.9. The van der Waals surface area contributed by atoms with Crippen LogP contribution < -0.4 is 10.5 Å².